The minimum absolute atomic E-state index is 0.238. The van der Waals surface area contributed by atoms with Gasteiger partial charge in [0.15, 0.2) is 11.5 Å². The van der Waals surface area contributed by atoms with Crippen LogP contribution >= 0.6 is 23.2 Å². The van der Waals surface area contributed by atoms with Crippen molar-refractivity contribution < 1.29 is 9.47 Å². The van der Waals surface area contributed by atoms with Gasteiger partial charge in [-0.3, -0.25) is 0 Å². The molecule has 2 N–H and O–H groups in total. The maximum absolute atomic E-state index is 6.17. The number of halogens is 2. The average Bonchev–Trinajstić information content (AvgIpc) is 3.05. The number of nitrogens with one attached hydrogen (secondary N) is 2. The van der Waals surface area contributed by atoms with Crippen LogP contribution in [0, 0.1) is 0 Å². The van der Waals surface area contributed by atoms with Crippen LogP contribution in [0.15, 0.2) is 48.8 Å². The lowest BCUT2D eigenvalue weighted by Crippen LogP contribution is -1.99. The van der Waals surface area contributed by atoms with Gasteiger partial charge in [0.2, 0.25) is 6.79 Å². The molecule has 1 aromatic heterocycles. The number of ether oxygens (including phenoxy) is 2. The molecule has 0 amide bonds. The molecule has 0 aliphatic carbocycles. The van der Waals surface area contributed by atoms with Gasteiger partial charge in [0.05, 0.1) is 10.7 Å². The Morgan fingerprint density at radius 1 is 0.840 bits per heavy atom. The molecule has 0 bridgehead atoms. The molecule has 0 fully saturated rings. The molecule has 4 rings (SSSR count). The molecule has 0 radical (unpaired) electrons. The Hall–Kier alpha value is -2.70. The highest BCUT2D eigenvalue weighted by Gasteiger charge is 2.13. The van der Waals surface area contributed by atoms with Crippen molar-refractivity contribution in [2.24, 2.45) is 0 Å². The second-order valence-corrected chi connectivity index (χ2v) is 6.07. The summed E-state index contributed by atoms with van der Waals surface area (Å²) in [6.07, 6.45) is 1.46. The number of benzene rings is 2. The molecule has 1 aliphatic rings. The molecule has 8 heteroatoms. The van der Waals surface area contributed by atoms with E-state index in [0.717, 1.165) is 11.4 Å². The lowest BCUT2D eigenvalue weighted by Gasteiger charge is -2.10. The summed E-state index contributed by atoms with van der Waals surface area (Å²) in [4.78, 5) is 8.42. The summed E-state index contributed by atoms with van der Waals surface area (Å²) in [5.74, 6) is 2.65. The van der Waals surface area contributed by atoms with E-state index in [1.165, 1.54) is 6.33 Å². The van der Waals surface area contributed by atoms with Crippen LogP contribution in [0.5, 0.6) is 11.5 Å². The fourth-order valence-corrected chi connectivity index (χ4v) is 2.80. The zero-order chi connectivity index (χ0) is 17.2. The molecule has 3 aromatic rings. The van der Waals surface area contributed by atoms with Gasteiger partial charge in [-0.15, -0.1) is 0 Å². The third-order valence-corrected chi connectivity index (χ3v) is 4.05. The van der Waals surface area contributed by atoms with Crippen molar-refractivity contribution >= 4 is 46.2 Å². The van der Waals surface area contributed by atoms with Gasteiger partial charge < -0.3 is 20.1 Å². The molecule has 0 unspecified atom stereocenters. The maximum Gasteiger partial charge on any atom is 0.231 e. The summed E-state index contributed by atoms with van der Waals surface area (Å²) in [5.41, 5.74) is 1.54. The molecular weight excluding hydrogens is 363 g/mol. The zero-order valence-corrected chi connectivity index (χ0v) is 14.3. The van der Waals surface area contributed by atoms with E-state index < -0.39 is 0 Å². The summed E-state index contributed by atoms with van der Waals surface area (Å²) in [7, 11) is 0. The Balaban J connectivity index is 1.53. The number of hydrogen-bond donors (Lipinski definition) is 2. The molecule has 0 atom stereocenters. The SMILES string of the molecule is Clc1ccc(Nc2cc(Nc3ccc4c(c3)OCO4)ncn2)c(Cl)c1. The lowest BCUT2D eigenvalue weighted by molar-refractivity contribution is 0.174. The minimum atomic E-state index is 0.238. The van der Waals surface area contributed by atoms with Crippen molar-refractivity contribution in [3.63, 3.8) is 0 Å². The second-order valence-electron chi connectivity index (χ2n) is 5.23. The number of fused-ring (bicyclic) bond motifs is 1. The maximum atomic E-state index is 6.17. The van der Waals surface area contributed by atoms with Crippen LogP contribution in [-0.4, -0.2) is 16.8 Å². The predicted molar refractivity (Wildman–Crippen MR) is 97.6 cm³/mol. The van der Waals surface area contributed by atoms with E-state index in [-0.39, 0.29) is 6.79 Å². The highest BCUT2D eigenvalue weighted by atomic mass is 35.5. The van der Waals surface area contributed by atoms with E-state index in [1.54, 1.807) is 24.3 Å². The topological polar surface area (TPSA) is 68.3 Å². The Bertz CT molecular complexity index is 936. The third kappa shape index (κ3) is 3.55. The summed E-state index contributed by atoms with van der Waals surface area (Å²) < 4.78 is 10.7. The Morgan fingerprint density at radius 3 is 2.48 bits per heavy atom. The van der Waals surface area contributed by atoms with E-state index in [0.29, 0.717) is 33.1 Å². The first-order valence-corrected chi connectivity index (χ1v) is 8.14. The molecule has 25 heavy (non-hydrogen) atoms. The van der Waals surface area contributed by atoms with E-state index in [4.69, 9.17) is 32.7 Å². The number of anilines is 4. The van der Waals surface area contributed by atoms with E-state index >= 15 is 0 Å². The molecule has 0 saturated heterocycles. The van der Waals surface area contributed by atoms with Crippen LogP contribution in [0.25, 0.3) is 0 Å². The molecule has 2 heterocycles. The Labute approximate surface area is 153 Å². The Morgan fingerprint density at radius 2 is 1.64 bits per heavy atom. The van der Waals surface area contributed by atoms with Gasteiger partial charge in [-0.2, -0.15) is 0 Å². The van der Waals surface area contributed by atoms with Crippen LogP contribution in [-0.2, 0) is 0 Å². The largest absolute Gasteiger partial charge is 0.454 e. The van der Waals surface area contributed by atoms with Crippen molar-refractivity contribution in [2.75, 3.05) is 17.4 Å². The first kappa shape index (κ1) is 15.8. The van der Waals surface area contributed by atoms with E-state index in [9.17, 15) is 0 Å². The van der Waals surface area contributed by atoms with Crippen LogP contribution in [0.2, 0.25) is 10.0 Å². The van der Waals surface area contributed by atoms with Gasteiger partial charge in [-0.05, 0) is 30.3 Å². The minimum Gasteiger partial charge on any atom is -0.454 e. The van der Waals surface area contributed by atoms with Gasteiger partial charge in [-0.1, -0.05) is 23.2 Å². The van der Waals surface area contributed by atoms with Gasteiger partial charge in [0.25, 0.3) is 0 Å². The van der Waals surface area contributed by atoms with Crippen molar-refractivity contribution in [1.29, 1.82) is 0 Å². The first-order chi connectivity index (χ1) is 12.2. The monoisotopic (exact) mass is 374 g/mol. The molecule has 6 nitrogen and oxygen atoms in total. The zero-order valence-electron chi connectivity index (χ0n) is 12.8. The van der Waals surface area contributed by atoms with Crippen molar-refractivity contribution in [3.8, 4) is 11.5 Å². The van der Waals surface area contributed by atoms with Gasteiger partial charge in [-0.25, -0.2) is 9.97 Å². The predicted octanol–water partition coefficient (Wildman–Crippen LogP) is 5.00. The normalized spacial score (nSPS) is 12.1. The summed E-state index contributed by atoms with van der Waals surface area (Å²) in [5, 5.41) is 7.43. The fourth-order valence-electron chi connectivity index (χ4n) is 2.35. The van der Waals surface area contributed by atoms with Gasteiger partial charge >= 0.3 is 0 Å². The molecule has 1 aliphatic heterocycles. The quantitative estimate of drug-likeness (QED) is 0.669. The molecule has 2 aromatic carbocycles. The van der Waals surface area contributed by atoms with E-state index in [1.807, 2.05) is 18.2 Å². The van der Waals surface area contributed by atoms with Gasteiger partial charge in [0.1, 0.15) is 18.0 Å². The summed E-state index contributed by atoms with van der Waals surface area (Å²) in [6, 6.07) is 12.6. The van der Waals surface area contributed by atoms with Crippen LogP contribution < -0.4 is 20.1 Å². The van der Waals surface area contributed by atoms with Crippen LogP contribution in [0.1, 0.15) is 0 Å². The molecule has 0 spiro atoms. The number of hydrogen-bond acceptors (Lipinski definition) is 6. The number of rotatable bonds is 4. The second kappa shape index (κ2) is 6.66. The van der Waals surface area contributed by atoms with Crippen LogP contribution in [0.3, 0.4) is 0 Å². The molecular formula is C17H12Cl2N4O2. The van der Waals surface area contributed by atoms with Gasteiger partial charge in [0, 0.05) is 22.8 Å². The van der Waals surface area contributed by atoms with Crippen molar-refractivity contribution in [2.45, 2.75) is 0 Å². The fraction of sp³-hybridized carbons (Fsp3) is 0.0588. The average molecular weight is 375 g/mol. The number of aromatic nitrogens is 2. The third-order valence-electron chi connectivity index (χ3n) is 3.51. The highest BCUT2D eigenvalue weighted by molar-refractivity contribution is 6.36. The van der Waals surface area contributed by atoms with E-state index in [2.05, 4.69) is 20.6 Å². The smallest absolute Gasteiger partial charge is 0.231 e. The molecule has 126 valence electrons. The standard InChI is InChI=1S/C17H12Cl2N4O2/c18-10-1-3-13(12(19)5-10)23-17-7-16(20-8-21-17)22-11-2-4-14-15(6-11)25-9-24-14/h1-8H,9H2,(H2,20,21,22,23). The number of nitrogens with zero attached hydrogens (tertiary/aromatic N) is 2. The lowest BCUT2D eigenvalue weighted by atomic mass is 10.2. The first-order valence-electron chi connectivity index (χ1n) is 7.38. The van der Waals surface area contributed by atoms with Crippen molar-refractivity contribution in [1.82, 2.24) is 9.97 Å². The van der Waals surface area contributed by atoms with Crippen LogP contribution in [0.4, 0.5) is 23.0 Å². The van der Waals surface area contributed by atoms with Crippen molar-refractivity contribution in [3.05, 3.63) is 58.8 Å². The summed E-state index contributed by atoms with van der Waals surface area (Å²) in [6.45, 7) is 0.238. The summed E-state index contributed by atoms with van der Waals surface area (Å²) >= 11 is 12.1. The molecule has 0 saturated carbocycles. The Kier molecular flexibility index (Phi) is 4.21. The highest BCUT2D eigenvalue weighted by Crippen LogP contribution is 2.35.